The smallest absolute Gasteiger partial charge is 0.305 e. The van der Waals surface area contributed by atoms with Crippen LogP contribution >= 0.6 is 15.9 Å². The van der Waals surface area contributed by atoms with E-state index in [1.165, 1.54) is 12.8 Å². The molecule has 0 aliphatic heterocycles. The van der Waals surface area contributed by atoms with Crippen LogP contribution in [0.2, 0.25) is 0 Å². The van der Waals surface area contributed by atoms with Crippen molar-refractivity contribution in [3.63, 3.8) is 0 Å². The summed E-state index contributed by atoms with van der Waals surface area (Å²) in [6.45, 7) is 2.57. The summed E-state index contributed by atoms with van der Waals surface area (Å²) >= 11 is 3.37. The third kappa shape index (κ3) is 9.87. The average Bonchev–Trinajstić information content (AvgIpc) is 2.14. The van der Waals surface area contributed by atoms with Gasteiger partial charge in [-0.2, -0.15) is 0 Å². The van der Waals surface area contributed by atoms with Gasteiger partial charge in [-0.05, 0) is 19.3 Å². The summed E-state index contributed by atoms with van der Waals surface area (Å²) in [5.74, 6) is -0.0410. The topological polar surface area (TPSA) is 26.3 Å². The maximum Gasteiger partial charge on any atom is 0.305 e. The van der Waals surface area contributed by atoms with Gasteiger partial charge in [0.2, 0.25) is 0 Å². The van der Waals surface area contributed by atoms with Crippen LogP contribution in [-0.4, -0.2) is 17.9 Å². The first-order valence-electron chi connectivity index (χ1n) is 5.02. The number of esters is 1. The van der Waals surface area contributed by atoms with Gasteiger partial charge in [0.15, 0.2) is 0 Å². The zero-order valence-corrected chi connectivity index (χ0v) is 9.94. The molecule has 0 radical (unpaired) electrons. The summed E-state index contributed by atoms with van der Waals surface area (Å²) < 4.78 is 4.95. The van der Waals surface area contributed by atoms with Crippen LogP contribution in [-0.2, 0) is 9.53 Å². The van der Waals surface area contributed by atoms with Gasteiger partial charge in [0, 0.05) is 11.8 Å². The Hall–Kier alpha value is -0.0500. The van der Waals surface area contributed by atoms with Crippen molar-refractivity contribution in [2.45, 2.75) is 45.4 Å². The Morgan fingerprint density at radius 3 is 2.54 bits per heavy atom. The van der Waals surface area contributed by atoms with Gasteiger partial charge in [-0.3, -0.25) is 4.79 Å². The Morgan fingerprint density at radius 1 is 1.23 bits per heavy atom. The number of rotatable bonds is 8. The fourth-order valence-electron chi connectivity index (χ4n) is 1.01. The molecule has 0 N–H and O–H groups in total. The van der Waals surface area contributed by atoms with Gasteiger partial charge < -0.3 is 4.74 Å². The predicted octanol–water partition coefficient (Wildman–Crippen LogP) is 3.29. The Kier molecular flexibility index (Phi) is 10.00. The Labute approximate surface area is 89.2 Å². The van der Waals surface area contributed by atoms with Crippen molar-refractivity contribution < 1.29 is 9.53 Å². The van der Waals surface area contributed by atoms with Crippen molar-refractivity contribution in [2.75, 3.05) is 11.9 Å². The third-order valence-corrected chi connectivity index (χ3v) is 2.29. The van der Waals surface area contributed by atoms with Gasteiger partial charge >= 0.3 is 5.97 Å². The van der Waals surface area contributed by atoms with E-state index >= 15 is 0 Å². The highest BCUT2D eigenvalue weighted by Crippen LogP contribution is 2.05. The molecule has 2 nitrogen and oxygen atoms in total. The van der Waals surface area contributed by atoms with Crippen LogP contribution < -0.4 is 0 Å². The van der Waals surface area contributed by atoms with Crippen molar-refractivity contribution in [2.24, 2.45) is 0 Å². The van der Waals surface area contributed by atoms with E-state index in [9.17, 15) is 4.79 Å². The van der Waals surface area contributed by atoms with Gasteiger partial charge in [-0.25, -0.2) is 0 Å². The van der Waals surface area contributed by atoms with Crippen molar-refractivity contribution in [3.05, 3.63) is 0 Å². The van der Waals surface area contributed by atoms with Crippen LogP contribution in [0.25, 0.3) is 0 Å². The summed E-state index contributed by atoms with van der Waals surface area (Å²) in [6.07, 6.45) is 6.00. The summed E-state index contributed by atoms with van der Waals surface area (Å²) in [7, 11) is 0. The zero-order valence-electron chi connectivity index (χ0n) is 8.35. The molecule has 0 saturated heterocycles. The minimum absolute atomic E-state index is 0.0410. The average molecular weight is 251 g/mol. The van der Waals surface area contributed by atoms with Crippen LogP contribution in [0.3, 0.4) is 0 Å². The largest absolute Gasteiger partial charge is 0.466 e. The second kappa shape index (κ2) is 10.0. The number of carbonyl (C=O) groups is 1. The Morgan fingerprint density at radius 2 is 1.92 bits per heavy atom. The molecular weight excluding hydrogens is 232 g/mol. The highest BCUT2D eigenvalue weighted by atomic mass is 79.9. The molecule has 0 amide bonds. The lowest BCUT2D eigenvalue weighted by Crippen LogP contribution is -2.04. The third-order valence-electron chi connectivity index (χ3n) is 1.73. The molecule has 3 heteroatoms. The minimum atomic E-state index is -0.0410. The van der Waals surface area contributed by atoms with E-state index < -0.39 is 0 Å². The molecule has 0 saturated carbocycles. The summed E-state index contributed by atoms with van der Waals surface area (Å²) in [5, 5.41) is 1.06. The highest BCUT2D eigenvalue weighted by molar-refractivity contribution is 9.09. The maximum atomic E-state index is 11.0. The second-order valence-corrected chi connectivity index (χ2v) is 3.87. The molecule has 78 valence electrons. The molecular formula is C10H19BrO2. The van der Waals surface area contributed by atoms with E-state index in [1.807, 2.05) is 6.92 Å². The highest BCUT2D eigenvalue weighted by Gasteiger charge is 2.00. The van der Waals surface area contributed by atoms with Crippen molar-refractivity contribution in [1.82, 2.24) is 0 Å². The Balaban J connectivity index is 3.08. The second-order valence-electron chi connectivity index (χ2n) is 3.07. The normalized spacial score (nSPS) is 10.0. The molecule has 0 bridgehead atoms. The van der Waals surface area contributed by atoms with Crippen LogP contribution in [0.15, 0.2) is 0 Å². The number of hydrogen-bond donors (Lipinski definition) is 0. The summed E-state index contributed by atoms with van der Waals surface area (Å²) in [5.41, 5.74) is 0. The van der Waals surface area contributed by atoms with Crippen molar-refractivity contribution in [1.29, 1.82) is 0 Å². The van der Waals surface area contributed by atoms with Crippen molar-refractivity contribution >= 4 is 21.9 Å². The number of ether oxygens (including phenoxy) is 1. The lowest BCUT2D eigenvalue weighted by atomic mass is 10.2. The molecule has 0 rings (SSSR count). The molecule has 0 aromatic heterocycles. The molecule has 0 unspecified atom stereocenters. The van der Waals surface area contributed by atoms with E-state index in [0.29, 0.717) is 13.0 Å². The van der Waals surface area contributed by atoms with E-state index in [-0.39, 0.29) is 5.97 Å². The predicted molar refractivity (Wildman–Crippen MR) is 58.1 cm³/mol. The monoisotopic (exact) mass is 250 g/mol. The quantitative estimate of drug-likeness (QED) is 0.376. The molecule has 13 heavy (non-hydrogen) atoms. The van der Waals surface area contributed by atoms with Gasteiger partial charge in [0.05, 0.1) is 6.61 Å². The first-order valence-corrected chi connectivity index (χ1v) is 6.15. The molecule has 0 spiro atoms. The molecule has 0 aliphatic rings. The number of alkyl halides is 1. The fraction of sp³-hybridized carbons (Fsp3) is 0.900. The number of halogens is 1. The first kappa shape index (κ1) is 12.9. The molecule has 0 aliphatic carbocycles. The van der Waals surface area contributed by atoms with Crippen LogP contribution in [0, 0.1) is 0 Å². The molecule has 0 heterocycles. The minimum Gasteiger partial charge on any atom is -0.466 e. The maximum absolute atomic E-state index is 11.0. The lowest BCUT2D eigenvalue weighted by molar-refractivity contribution is -0.143. The van der Waals surface area contributed by atoms with Gasteiger partial charge in [0.1, 0.15) is 0 Å². The zero-order chi connectivity index (χ0) is 9.94. The first-order chi connectivity index (χ1) is 6.31. The number of hydrogen-bond acceptors (Lipinski definition) is 2. The summed E-state index contributed by atoms with van der Waals surface area (Å²) in [6, 6.07) is 0. The summed E-state index contributed by atoms with van der Waals surface area (Å²) in [4.78, 5) is 11.0. The van der Waals surface area contributed by atoms with Gasteiger partial charge in [-0.1, -0.05) is 35.7 Å². The SMILES string of the molecule is CCCOC(=O)CCCCCCBr. The van der Waals surface area contributed by atoms with Gasteiger partial charge in [0.25, 0.3) is 0 Å². The van der Waals surface area contributed by atoms with Crippen LogP contribution in [0.1, 0.15) is 45.4 Å². The van der Waals surface area contributed by atoms with Gasteiger partial charge in [-0.15, -0.1) is 0 Å². The standard InChI is InChI=1S/C10H19BrO2/c1-2-9-13-10(12)7-5-3-4-6-8-11/h2-9H2,1H3. The lowest BCUT2D eigenvalue weighted by Gasteiger charge is -2.02. The number of carbonyl (C=O) groups excluding carboxylic acids is 1. The van der Waals surface area contributed by atoms with E-state index in [0.717, 1.165) is 24.6 Å². The molecule has 0 aromatic rings. The Bertz CT molecular complexity index is 126. The molecule has 0 fully saturated rings. The van der Waals surface area contributed by atoms with Crippen molar-refractivity contribution in [3.8, 4) is 0 Å². The molecule has 0 aromatic carbocycles. The van der Waals surface area contributed by atoms with Crippen LogP contribution in [0.4, 0.5) is 0 Å². The number of unbranched alkanes of at least 4 members (excludes halogenated alkanes) is 3. The molecule has 0 atom stereocenters. The van der Waals surface area contributed by atoms with Crippen LogP contribution in [0.5, 0.6) is 0 Å². The fourth-order valence-corrected chi connectivity index (χ4v) is 1.40. The van der Waals surface area contributed by atoms with E-state index in [4.69, 9.17) is 4.74 Å². The van der Waals surface area contributed by atoms with E-state index in [1.54, 1.807) is 0 Å². The van der Waals surface area contributed by atoms with E-state index in [2.05, 4.69) is 15.9 Å².